The summed E-state index contributed by atoms with van der Waals surface area (Å²) in [6, 6.07) is 12.0. The van der Waals surface area contributed by atoms with E-state index in [2.05, 4.69) is 32.0 Å². The van der Waals surface area contributed by atoms with Crippen LogP contribution < -0.4 is 0 Å². The molecule has 0 saturated carbocycles. The molecule has 98 valence electrons. The van der Waals surface area contributed by atoms with E-state index in [1.807, 2.05) is 19.1 Å². The second-order valence-electron chi connectivity index (χ2n) is 5.05. The van der Waals surface area contributed by atoms with Gasteiger partial charge in [-0.2, -0.15) is 0 Å². The third kappa shape index (κ3) is 3.02. The fourth-order valence-corrected chi connectivity index (χ4v) is 2.16. The molecule has 2 nitrogen and oxygen atoms in total. The van der Waals surface area contributed by atoms with Crippen molar-refractivity contribution in [2.45, 2.75) is 27.2 Å². The minimum Gasteiger partial charge on any atom is -0.478 e. The van der Waals surface area contributed by atoms with E-state index in [4.69, 9.17) is 5.11 Å². The van der Waals surface area contributed by atoms with Crippen LogP contribution in [0.1, 0.15) is 38.2 Å². The van der Waals surface area contributed by atoms with Gasteiger partial charge in [-0.1, -0.05) is 30.3 Å². The van der Waals surface area contributed by atoms with Gasteiger partial charge in [-0.05, 0) is 61.1 Å². The Labute approximate surface area is 113 Å². The zero-order chi connectivity index (χ0) is 14.0. The van der Waals surface area contributed by atoms with Crippen LogP contribution in [0.15, 0.2) is 36.4 Å². The van der Waals surface area contributed by atoms with E-state index >= 15 is 0 Å². The van der Waals surface area contributed by atoms with Gasteiger partial charge in [-0.25, -0.2) is 4.79 Å². The summed E-state index contributed by atoms with van der Waals surface area (Å²) in [5, 5.41) is 9.14. The Morgan fingerprint density at radius 3 is 2.05 bits per heavy atom. The van der Waals surface area contributed by atoms with Gasteiger partial charge in [-0.3, -0.25) is 0 Å². The maximum absolute atomic E-state index is 11.1. The van der Waals surface area contributed by atoms with Gasteiger partial charge < -0.3 is 5.11 Å². The topological polar surface area (TPSA) is 37.3 Å². The molecule has 0 fully saturated rings. The SMILES string of the molecule is Cc1ccc(Cc2ccc(C)c(C(=O)O)c2)cc1C. The molecular weight excluding hydrogens is 236 g/mol. The average Bonchev–Trinajstić information content (AvgIpc) is 2.36. The van der Waals surface area contributed by atoms with Crippen molar-refractivity contribution in [3.05, 3.63) is 69.8 Å². The van der Waals surface area contributed by atoms with Crippen molar-refractivity contribution in [2.24, 2.45) is 0 Å². The molecule has 1 N–H and O–H groups in total. The zero-order valence-electron chi connectivity index (χ0n) is 11.5. The lowest BCUT2D eigenvalue weighted by Gasteiger charge is -2.08. The summed E-state index contributed by atoms with van der Waals surface area (Å²) < 4.78 is 0. The van der Waals surface area contributed by atoms with Gasteiger partial charge >= 0.3 is 5.97 Å². The molecule has 2 rings (SSSR count). The molecule has 0 unspecified atom stereocenters. The number of hydrogen-bond donors (Lipinski definition) is 1. The number of carboxylic acid groups (broad SMARTS) is 1. The van der Waals surface area contributed by atoms with Crippen LogP contribution in [0.25, 0.3) is 0 Å². The Bertz CT molecular complexity index is 627. The molecule has 0 aliphatic rings. The molecule has 0 radical (unpaired) electrons. The number of rotatable bonds is 3. The number of aromatic carboxylic acids is 1. The van der Waals surface area contributed by atoms with E-state index in [9.17, 15) is 4.79 Å². The summed E-state index contributed by atoms with van der Waals surface area (Å²) in [6.07, 6.45) is 0.766. The molecule has 2 aromatic carbocycles. The monoisotopic (exact) mass is 254 g/mol. The molecule has 0 aliphatic heterocycles. The highest BCUT2D eigenvalue weighted by molar-refractivity contribution is 5.89. The Kier molecular flexibility index (Phi) is 3.70. The smallest absolute Gasteiger partial charge is 0.335 e. The van der Waals surface area contributed by atoms with Gasteiger partial charge in [-0.15, -0.1) is 0 Å². The van der Waals surface area contributed by atoms with Crippen molar-refractivity contribution in [3.63, 3.8) is 0 Å². The number of benzene rings is 2. The minimum atomic E-state index is -0.862. The first kappa shape index (κ1) is 13.3. The first-order chi connectivity index (χ1) is 8.97. The molecule has 0 atom stereocenters. The molecule has 0 amide bonds. The Balaban J connectivity index is 2.30. The van der Waals surface area contributed by atoms with E-state index in [0.29, 0.717) is 5.56 Å². The van der Waals surface area contributed by atoms with Crippen molar-refractivity contribution in [2.75, 3.05) is 0 Å². The molecule has 0 saturated heterocycles. The van der Waals surface area contributed by atoms with Crippen molar-refractivity contribution in [3.8, 4) is 0 Å². The van der Waals surface area contributed by atoms with Crippen LogP contribution in [0, 0.1) is 20.8 Å². The molecule has 0 aliphatic carbocycles. The number of aryl methyl sites for hydroxylation is 3. The molecule has 0 bridgehead atoms. The lowest BCUT2D eigenvalue weighted by Crippen LogP contribution is -2.01. The van der Waals surface area contributed by atoms with Gasteiger partial charge in [0.25, 0.3) is 0 Å². The van der Waals surface area contributed by atoms with Crippen molar-refractivity contribution >= 4 is 5.97 Å². The summed E-state index contributed by atoms with van der Waals surface area (Å²) in [5.41, 5.74) is 5.98. The molecular formula is C17H18O2. The second kappa shape index (κ2) is 5.27. The highest BCUT2D eigenvalue weighted by Gasteiger charge is 2.08. The fourth-order valence-electron chi connectivity index (χ4n) is 2.16. The van der Waals surface area contributed by atoms with E-state index in [1.54, 1.807) is 6.07 Å². The average molecular weight is 254 g/mol. The first-order valence-electron chi connectivity index (χ1n) is 6.36. The van der Waals surface area contributed by atoms with Crippen LogP contribution in [0.2, 0.25) is 0 Å². The fraction of sp³-hybridized carbons (Fsp3) is 0.235. The highest BCUT2D eigenvalue weighted by Crippen LogP contribution is 2.17. The third-order valence-corrected chi connectivity index (χ3v) is 3.51. The summed E-state index contributed by atoms with van der Waals surface area (Å²) in [4.78, 5) is 11.1. The van der Waals surface area contributed by atoms with Crippen molar-refractivity contribution in [1.29, 1.82) is 0 Å². The Hall–Kier alpha value is -2.09. The quantitative estimate of drug-likeness (QED) is 0.902. The minimum absolute atomic E-state index is 0.390. The van der Waals surface area contributed by atoms with Crippen molar-refractivity contribution in [1.82, 2.24) is 0 Å². The lowest BCUT2D eigenvalue weighted by molar-refractivity contribution is 0.0696. The van der Waals surface area contributed by atoms with Crippen LogP contribution in [0.4, 0.5) is 0 Å². The predicted octanol–water partition coefficient (Wildman–Crippen LogP) is 3.90. The third-order valence-electron chi connectivity index (χ3n) is 3.51. The zero-order valence-corrected chi connectivity index (χ0v) is 11.5. The van der Waals surface area contributed by atoms with Crippen LogP contribution >= 0.6 is 0 Å². The number of hydrogen-bond acceptors (Lipinski definition) is 1. The summed E-state index contributed by atoms with van der Waals surface area (Å²) in [6.45, 7) is 6.01. The molecule has 0 heterocycles. The van der Waals surface area contributed by atoms with Crippen LogP contribution in [-0.2, 0) is 6.42 Å². The number of carboxylic acids is 1. The van der Waals surface area contributed by atoms with E-state index in [0.717, 1.165) is 17.5 Å². The largest absolute Gasteiger partial charge is 0.478 e. The Morgan fingerprint density at radius 2 is 1.47 bits per heavy atom. The van der Waals surface area contributed by atoms with Gasteiger partial charge in [0.1, 0.15) is 0 Å². The lowest BCUT2D eigenvalue weighted by atomic mass is 9.98. The van der Waals surface area contributed by atoms with Crippen LogP contribution in [0.3, 0.4) is 0 Å². The van der Waals surface area contributed by atoms with E-state index in [1.165, 1.54) is 16.7 Å². The maximum atomic E-state index is 11.1. The van der Waals surface area contributed by atoms with Gasteiger partial charge in [0, 0.05) is 0 Å². The van der Waals surface area contributed by atoms with Gasteiger partial charge in [0.05, 0.1) is 5.56 Å². The van der Waals surface area contributed by atoms with Crippen molar-refractivity contribution < 1.29 is 9.90 Å². The second-order valence-corrected chi connectivity index (χ2v) is 5.05. The predicted molar refractivity (Wildman–Crippen MR) is 76.9 cm³/mol. The standard InChI is InChI=1S/C17H18O2/c1-11-4-6-14(8-13(11)3)9-15-7-5-12(2)16(10-15)17(18)19/h4-8,10H,9H2,1-3H3,(H,18,19). The molecule has 19 heavy (non-hydrogen) atoms. The van der Waals surface area contributed by atoms with Gasteiger partial charge in [0.15, 0.2) is 0 Å². The Morgan fingerprint density at radius 1 is 0.895 bits per heavy atom. The summed E-state index contributed by atoms with van der Waals surface area (Å²) in [5.74, 6) is -0.862. The summed E-state index contributed by atoms with van der Waals surface area (Å²) >= 11 is 0. The maximum Gasteiger partial charge on any atom is 0.335 e. The van der Waals surface area contributed by atoms with Crippen LogP contribution in [-0.4, -0.2) is 11.1 Å². The van der Waals surface area contributed by atoms with Gasteiger partial charge in [0.2, 0.25) is 0 Å². The number of carbonyl (C=O) groups is 1. The molecule has 2 heteroatoms. The molecule has 0 spiro atoms. The van der Waals surface area contributed by atoms with E-state index in [-0.39, 0.29) is 0 Å². The highest BCUT2D eigenvalue weighted by atomic mass is 16.4. The summed E-state index contributed by atoms with van der Waals surface area (Å²) in [7, 11) is 0. The first-order valence-corrected chi connectivity index (χ1v) is 6.36. The normalized spacial score (nSPS) is 10.5. The molecule has 0 aromatic heterocycles. The van der Waals surface area contributed by atoms with Crippen LogP contribution in [0.5, 0.6) is 0 Å². The van der Waals surface area contributed by atoms with E-state index < -0.39 is 5.97 Å². The molecule has 2 aromatic rings.